The molecule has 0 radical (unpaired) electrons. The number of aliphatic carboxylic acids is 1. The highest BCUT2D eigenvalue weighted by atomic mass is 16.4. The minimum Gasteiger partial charge on any atom is -0.481 e. The quantitative estimate of drug-likeness (QED) is 0.0775. The molecule has 2 N–H and O–H groups in total. The molecule has 0 heterocycles. The molecular weight excluding hydrogens is 490 g/mol. The fourth-order valence-electron chi connectivity index (χ4n) is 5.50. The van der Waals surface area contributed by atoms with Gasteiger partial charge in [-0.2, -0.15) is 0 Å². The Hall–Kier alpha value is -0.570. The monoisotopic (exact) mass is 568 g/mol. The SMILES string of the molecule is CCCCCCCCCCCCCCCCCC(=O)O.CCCCCCCCCCCCCCCCCCNC. The van der Waals surface area contributed by atoms with Gasteiger partial charge in [0.1, 0.15) is 0 Å². The molecule has 0 aliphatic rings. The fourth-order valence-corrected chi connectivity index (χ4v) is 5.50. The van der Waals surface area contributed by atoms with Gasteiger partial charge in [0.15, 0.2) is 0 Å². The van der Waals surface area contributed by atoms with Gasteiger partial charge in [0.05, 0.1) is 0 Å². The first-order valence-corrected chi connectivity index (χ1v) is 18.5. The zero-order valence-electron chi connectivity index (χ0n) is 28.2. The lowest BCUT2D eigenvalue weighted by molar-refractivity contribution is -0.137. The average molecular weight is 568 g/mol. The summed E-state index contributed by atoms with van der Waals surface area (Å²) in [6, 6.07) is 0. The van der Waals surface area contributed by atoms with Crippen LogP contribution in [0.15, 0.2) is 0 Å². The number of unbranched alkanes of at least 4 members (excludes halogenated alkanes) is 29. The molecule has 0 amide bonds. The lowest BCUT2D eigenvalue weighted by atomic mass is 10.0. The van der Waals surface area contributed by atoms with E-state index in [1.807, 2.05) is 7.05 Å². The summed E-state index contributed by atoms with van der Waals surface area (Å²) in [5.74, 6) is -0.653. The van der Waals surface area contributed by atoms with Crippen LogP contribution in [0.2, 0.25) is 0 Å². The number of nitrogens with one attached hydrogen (secondary N) is 1. The zero-order valence-corrected chi connectivity index (χ0v) is 28.2. The third-order valence-electron chi connectivity index (χ3n) is 8.27. The average Bonchev–Trinajstić information content (AvgIpc) is 2.95. The van der Waals surface area contributed by atoms with Gasteiger partial charge in [0.25, 0.3) is 0 Å². The Bertz CT molecular complexity index is 422. The Morgan fingerprint density at radius 1 is 0.400 bits per heavy atom. The molecule has 0 unspecified atom stereocenters. The van der Waals surface area contributed by atoms with Crippen molar-refractivity contribution >= 4 is 5.97 Å². The molecule has 242 valence electrons. The van der Waals surface area contributed by atoms with Crippen LogP contribution in [0, 0.1) is 0 Å². The molecule has 0 spiro atoms. The van der Waals surface area contributed by atoms with E-state index in [1.165, 1.54) is 193 Å². The normalized spacial score (nSPS) is 11.0. The lowest BCUT2D eigenvalue weighted by Crippen LogP contribution is -2.06. The van der Waals surface area contributed by atoms with Crippen molar-refractivity contribution in [1.29, 1.82) is 0 Å². The van der Waals surface area contributed by atoms with Crippen molar-refractivity contribution in [3.8, 4) is 0 Å². The van der Waals surface area contributed by atoms with E-state index in [9.17, 15) is 4.79 Å². The topological polar surface area (TPSA) is 49.3 Å². The van der Waals surface area contributed by atoms with E-state index >= 15 is 0 Å². The molecule has 0 aromatic heterocycles. The largest absolute Gasteiger partial charge is 0.481 e. The van der Waals surface area contributed by atoms with Crippen molar-refractivity contribution in [3.63, 3.8) is 0 Å². The van der Waals surface area contributed by atoms with Crippen molar-refractivity contribution in [3.05, 3.63) is 0 Å². The van der Waals surface area contributed by atoms with Gasteiger partial charge < -0.3 is 10.4 Å². The molecule has 0 rings (SSSR count). The van der Waals surface area contributed by atoms with E-state index in [4.69, 9.17) is 5.11 Å². The molecule has 3 heteroatoms. The van der Waals surface area contributed by atoms with Gasteiger partial charge in [-0.25, -0.2) is 0 Å². The highest BCUT2D eigenvalue weighted by Crippen LogP contribution is 2.15. The first kappa shape index (κ1) is 41.6. The molecule has 0 saturated heterocycles. The number of carboxylic acids is 1. The Morgan fingerprint density at radius 2 is 0.625 bits per heavy atom. The van der Waals surface area contributed by atoms with Crippen molar-refractivity contribution in [2.45, 2.75) is 219 Å². The minimum absolute atomic E-state index is 0.345. The van der Waals surface area contributed by atoms with Crippen LogP contribution in [-0.4, -0.2) is 24.7 Å². The van der Waals surface area contributed by atoms with E-state index in [2.05, 4.69) is 19.2 Å². The molecule has 0 bridgehead atoms. The summed E-state index contributed by atoms with van der Waals surface area (Å²) >= 11 is 0. The first-order chi connectivity index (χ1) is 19.7. The van der Waals surface area contributed by atoms with Crippen LogP contribution in [0.5, 0.6) is 0 Å². The molecule has 0 aliphatic carbocycles. The second-order valence-corrected chi connectivity index (χ2v) is 12.5. The van der Waals surface area contributed by atoms with Gasteiger partial charge >= 0.3 is 5.97 Å². The number of carbonyl (C=O) groups is 1. The maximum absolute atomic E-state index is 10.3. The maximum Gasteiger partial charge on any atom is 0.303 e. The predicted octanol–water partition coefficient (Wildman–Crippen LogP) is 12.8. The number of hydrogen-bond acceptors (Lipinski definition) is 2. The molecule has 0 aromatic rings. The van der Waals surface area contributed by atoms with Crippen molar-refractivity contribution in [2.75, 3.05) is 13.6 Å². The van der Waals surface area contributed by atoms with Crippen LogP contribution in [-0.2, 0) is 4.79 Å². The fraction of sp³-hybridized carbons (Fsp3) is 0.973. The van der Waals surface area contributed by atoms with Crippen LogP contribution in [0.25, 0.3) is 0 Å². The van der Waals surface area contributed by atoms with Gasteiger partial charge in [-0.15, -0.1) is 0 Å². The second-order valence-electron chi connectivity index (χ2n) is 12.5. The number of hydrogen-bond donors (Lipinski definition) is 2. The summed E-state index contributed by atoms with van der Waals surface area (Å²) in [5.41, 5.74) is 0. The van der Waals surface area contributed by atoms with Gasteiger partial charge in [0.2, 0.25) is 0 Å². The summed E-state index contributed by atoms with van der Waals surface area (Å²) in [4.78, 5) is 10.3. The third kappa shape index (κ3) is 44.4. The van der Waals surface area contributed by atoms with Crippen molar-refractivity contribution in [1.82, 2.24) is 5.32 Å². The molecular formula is C37H77NO2. The third-order valence-corrected chi connectivity index (χ3v) is 8.27. The number of rotatable bonds is 33. The smallest absolute Gasteiger partial charge is 0.303 e. The first-order valence-electron chi connectivity index (χ1n) is 18.5. The van der Waals surface area contributed by atoms with Gasteiger partial charge in [0, 0.05) is 6.42 Å². The Balaban J connectivity index is 0. The zero-order chi connectivity index (χ0) is 29.6. The molecule has 40 heavy (non-hydrogen) atoms. The minimum atomic E-state index is -0.653. The van der Waals surface area contributed by atoms with E-state index in [0.717, 1.165) is 12.8 Å². The van der Waals surface area contributed by atoms with Gasteiger partial charge in [-0.05, 0) is 26.4 Å². The van der Waals surface area contributed by atoms with E-state index in [-0.39, 0.29) is 0 Å². The summed E-state index contributed by atoms with van der Waals surface area (Å²) in [5, 5.41) is 11.7. The molecule has 0 atom stereocenters. The highest BCUT2D eigenvalue weighted by molar-refractivity contribution is 5.66. The van der Waals surface area contributed by atoms with Crippen LogP contribution in [0.1, 0.15) is 219 Å². The van der Waals surface area contributed by atoms with Crippen LogP contribution < -0.4 is 5.32 Å². The molecule has 0 aromatic carbocycles. The lowest BCUT2D eigenvalue weighted by Gasteiger charge is -2.03. The maximum atomic E-state index is 10.3. The van der Waals surface area contributed by atoms with E-state index in [0.29, 0.717) is 6.42 Å². The summed E-state index contributed by atoms with van der Waals surface area (Å²) in [7, 11) is 2.05. The van der Waals surface area contributed by atoms with Crippen molar-refractivity contribution < 1.29 is 9.90 Å². The van der Waals surface area contributed by atoms with Crippen molar-refractivity contribution in [2.24, 2.45) is 0 Å². The second kappa shape index (κ2) is 40.6. The standard InChI is InChI=1S/C19H41N.C18H36O2/c1-3-4-5-6-7-8-9-10-11-12-13-14-15-16-17-18-19-20-2;1-2-3-4-5-6-7-8-9-10-11-12-13-14-15-16-17-18(19)20/h20H,3-19H2,1-2H3;2-17H2,1H3,(H,19,20). The predicted molar refractivity (Wildman–Crippen MR) is 181 cm³/mol. The van der Waals surface area contributed by atoms with Crippen LogP contribution in [0.4, 0.5) is 0 Å². The van der Waals surface area contributed by atoms with E-state index in [1.54, 1.807) is 0 Å². The van der Waals surface area contributed by atoms with E-state index < -0.39 is 5.97 Å². The summed E-state index contributed by atoms with van der Waals surface area (Å²) < 4.78 is 0. The Kier molecular flexibility index (Phi) is 42.2. The van der Waals surface area contributed by atoms with Gasteiger partial charge in [-0.1, -0.05) is 200 Å². The molecule has 3 nitrogen and oxygen atoms in total. The van der Waals surface area contributed by atoms with Gasteiger partial charge in [-0.3, -0.25) is 4.79 Å². The Labute approximate surface area is 253 Å². The molecule has 0 saturated carbocycles. The molecule has 0 aliphatic heterocycles. The van der Waals surface area contributed by atoms with Crippen LogP contribution in [0.3, 0.4) is 0 Å². The Morgan fingerprint density at radius 3 is 0.850 bits per heavy atom. The summed E-state index contributed by atoms with van der Waals surface area (Å²) in [6.45, 7) is 5.76. The highest BCUT2D eigenvalue weighted by Gasteiger charge is 1.97. The number of carboxylic acid groups (broad SMARTS) is 1. The molecule has 0 fully saturated rings. The summed E-state index contributed by atoms with van der Waals surface area (Å²) in [6.07, 6.45) is 43.4. The van der Waals surface area contributed by atoms with Crippen LogP contribution >= 0.6 is 0 Å².